The van der Waals surface area contributed by atoms with Crippen LogP contribution >= 0.6 is 11.6 Å². The maximum absolute atomic E-state index is 14.8. The zero-order chi connectivity index (χ0) is 24.5. The van der Waals surface area contributed by atoms with Crippen LogP contribution in [0.5, 0.6) is 5.75 Å². The molecule has 3 N–H and O–H groups in total. The second-order valence-electron chi connectivity index (χ2n) is 6.60. The van der Waals surface area contributed by atoms with E-state index in [-0.39, 0.29) is 10.8 Å². The highest BCUT2D eigenvalue weighted by molar-refractivity contribution is 6.34. The van der Waals surface area contributed by atoms with Crippen LogP contribution in [0, 0.1) is 11.6 Å². The fourth-order valence-corrected chi connectivity index (χ4v) is 2.85. The molecule has 33 heavy (non-hydrogen) atoms. The number of alkyl halides is 3. The Bertz CT molecular complexity index is 1240. The molecule has 1 aromatic heterocycles. The topological polar surface area (TPSA) is 109 Å². The summed E-state index contributed by atoms with van der Waals surface area (Å²) in [6, 6.07) is 4.62. The summed E-state index contributed by atoms with van der Waals surface area (Å²) in [7, 11) is 0. The van der Waals surface area contributed by atoms with Gasteiger partial charge in [-0.25, -0.2) is 13.6 Å². The Morgan fingerprint density at radius 1 is 1.30 bits per heavy atom. The minimum atomic E-state index is -4.86. The quantitative estimate of drug-likeness (QED) is 0.456. The molecule has 0 aliphatic carbocycles. The van der Waals surface area contributed by atoms with Crippen molar-refractivity contribution in [3.63, 3.8) is 0 Å². The van der Waals surface area contributed by atoms with Crippen LogP contribution in [0.3, 0.4) is 0 Å². The molecule has 3 aromatic rings. The zero-order valence-corrected chi connectivity index (χ0v) is 17.3. The van der Waals surface area contributed by atoms with E-state index in [4.69, 9.17) is 21.4 Å². The van der Waals surface area contributed by atoms with Gasteiger partial charge in [-0.1, -0.05) is 17.7 Å². The summed E-state index contributed by atoms with van der Waals surface area (Å²) >= 11 is 5.84. The fraction of sp³-hybridized carbons (Fsp3) is 0.211. The number of para-hydroxylation sites is 1. The molecule has 0 saturated heterocycles. The van der Waals surface area contributed by atoms with Gasteiger partial charge in [-0.3, -0.25) is 9.78 Å². The number of nitrogens with zero attached hydrogens (tertiary/aromatic N) is 2. The second-order valence-corrected chi connectivity index (χ2v) is 7.01. The van der Waals surface area contributed by atoms with Crippen molar-refractivity contribution >= 4 is 23.2 Å². The van der Waals surface area contributed by atoms with E-state index in [1.807, 2.05) is 0 Å². The summed E-state index contributed by atoms with van der Waals surface area (Å²) in [6.45, 7) is -0.0642. The van der Waals surface area contributed by atoms with Crippen molar-refractivity contribution < 1.29 is 36.6 Å². The first-order valence-electron chi connectivity index (χ1n) is 9.04. The number of anilines is 1. The van der Waals surface area contributed by atoms with Gasteiger partial charge in [0.2, 0.25) is 0 Å². The van der Waals surface area contributed by atoms with Crippen molar-refractivity contribution in [1.29, 1.82) is 0 Å². The number of halogens is 6. The molecule has 8 nitrogen and oxygen atoms in total. The number of amides is 1. The Morgan fingerprint density at radius 3 is 2.58 bits per heavy atom. The van der Waals surface area contributed by atoms with E-state index < -0.39 is 64.8 Å². The second kappa shape index (κ2) is 9.19. The average Bonchev–Trinajstić information content (AvgIpc) is 3.11. The first-order chi connectivity index (χ1) is 15.4. The van der Waals surface area contributed by atoms with Gasteiger partial charge in [-0.05, 0) is 25.1 Å². The number of aliphatic hydroxyl groups is 1. The molecular formula is C19H14ClF5N4O4. The Hall–Kier alpha value is -3.45. The van der Waals surface area contributed by atoms with Crippen molar-refractivity contribution in [3.05, 3.63) is 68.9 Å². The molecule has 0 aliphatic rings. The predicted molar refractivity (Wildman–Crippen MR) is 106 cm³/mol. The minimum Gasteiger partial charge on any atom is -0.480 e. The molecule has 0 spiro atoms. The maximum atomic E-state index is 14.8. The number of carbonyl (C=O) groups is 1. The number of carbonyl (C=O) groups excluding carboxylic acids is 1. The fourth-order valence-electron chi connectivity index (χ4n) is 2.64. The number of aromatic nitrogens is 3. The Balaban J connectivity index is 2.11. The molecule has 0 fully saturated rings. The van der Waals surface area contributed by atoms with Crippen molar-refractivity contribution in [1.82, 2.24) is 14.8 Å². The minimum absolute atomic E-state index is 0.217. The molecule has 1 amide bonds. The normalized spacial score (nSPS) is 12.5. The molecule has 0 unspecified atom stereocenters. The summed E-state index contributed by atoms with van der Waals surface area (Å²) in [4.78, 5) is 26.8. The highest BCUT2D eigenvalue weighted by atomic mass is 35.5. The third-order valence-corrected chi connectivity index (χ3v) is 4.62. The summed E-state index contributed by atoms with van der Waals surface area (Å²) < 4.78 is 73.3. The maximum Gasteiger partial charge on any atom is 0.425 e. The van der Waals surface area contributed by atoms with Crippen LogP contribution < -0.4 is 15.7 Å². The van der Waals surface area contributed by atoms with Crippen molar-refractivity contribution in [2.45, 2.75) is 25.8 Å². The van der Waals surface area contributed by atoms with Gasteiger partial charge in [-0.2, -0.15) is 17.9 Å². The SMILES string of the molecule is C[C@H](Oc1cc(-n2nc(CO)[nH]c2=O)c(F)cc1C(=O)Nc1c(F)cccc1Cl)C(F)(F)F. The van der Waals surface area contributed by atoms with Gasteiger partial charge < -0.3 is 15.2 Å². The number of aromatic amines is 1. The largest absolute Gasteiger partial charge is 0.480 e. The van der Waals surface area contributed by atoms with Crippen LogP contribution in [-0.4, -0.2) is 38.1 Å². The van der Waals surface area contributed by atoms with E-state index in [2.05, 4.69) is 15.4 Å². The van der Waals surface area contributed by atoms with E-state index >= 15 is 0 Å². The first kappa shape index (κ1) is 24.2. The first-order valence-corrected chi connectivity index (χ1v) is 9.42. The smallest absolute Gasteiger partial charge is 0.425 e. The molecule has 0 aliphatic heterocycles. The molecular weight excluding hydrogens is 479 g/mol. The molecule has 0 bridgehead atoms. The van der Waals surface area contributed by atoms with E-state index in [1.165, 1.54) is 12.1 Å². The number of H-pyrrole nitrogens is 1. The van der Waals surface area contributed by atoms with Gasteiger partial charge in [0.05, 0.1) is 16.3 Å². The predicted octanol–water partition coefficient (Wildman–Crippen LogP) is 3.57. The molecule has 1 atom stereocenters. The van der Waals surface area contributed by atoms with Crippen LogP contribution in [0.1, 0.15) is 23.1 Å². The number of nitrogens with one attached hydrogen (secondary N) is 2. The lowest BCUT2D eigenvalue weighted by atomic mass is 10.1. The van der Waals surface area contributed by atoms with E-state index in [0.29, 0.717) is 23.7 Å². The van der Waals surface area contributed by atoms with Gasteiger partial charge in [0, 0.05) is 6.07 Å². The molecule has 14 heteroatoms. The number of rotatable bonds is 6. The van der Waals surface area contributed by atoms with Crippen molar-refractivity contribution in [3.8, 4) is 11.4 Å². The Labute approximate surface area is 186 Å². The molecule has 1 heterocycles. The Morgan fingerprint density at radius 2 is 2.00 bits per heavy atom. The van der Waals surface area contributed by atoms with Crippen LogP contribution in [0.4, 0.5) is 27.6 Å². The van der Waals surface area contributed by atoms with E-state index in [1.54, 1.807) is 0 Å². The lowest BCUT2D eigenvalue weighted by molar-refractivity contribution is -0.189. The number of benzene rings is 2. The van der Waals surface area contributed by atoms with Crippen molar-refractivity contribution in [2.24, 2.45) is 0 Å². The van der Waals surface area contributed by atoms with Gasteiger partial charge >= 0.3 is 11.9 Å². The zero-order valence-electron chi connectivity index (χ0n) is 16.5. The van der Waals surface area contributed by atoms with Crippen molar-refractivity contribution in [2.75, 3.05) is 5.32 Å². The van der Waals surface area contributed by atoms with Gasteiger partial charge in [-0.15, -0.1) is 5.10 Å². The molecule has 0 radical (unpaired) electrons. The van der Waals surface area contributed by atoms with Gasteiger partial charge in [0.15, 0.2) is 11.9 Å². The third-order valence-electron chi connectivity index (χ3n) is 4.30. The molecule has 2 aromatic carbocycles. The summed E-state index contributed by atoms with van der Waals surface area (Å²) in [6.07, 6.45) is -7.30. The third kappa shape index (κ3) is 5.14. The van der Waals surface area contributed by atoms with E-state index in [9.17, 15) is 31.5 Å². The summed E-state index contributed by atoms with van der Waals surface area (Å²) in [5, 5.41) is 14.5. The summed E-state index contributed by atoms with van der Waals surface area (Å²) in [5.74, 6) is -4.45. The standard InChI is InChI=1S/C19H14ClF5N4O4/c1-8(19(23,24)25)33-14-6-13(29-18(32)26-15(7-30)28-29)12(22)5-9(14)17(31)27-16-10(20)3-2-4-11(16)21/h2-6,8,30H,7H2,1H3,(H,27,31)(H,26,28,32)/t8-/m0/s1. The lowest BCUT2D eigenvalue weighted by Crippen LogP contribution is -2.32. The lowest BCUT2D eigenvalue weighted by Gasteiger charge is -2.20. The van der Waals surface area contributed by atoms with Crippen LogP contribution in [-0.2, 0) is 6.61 Å². The van der Waals surface area contributed by atoms with Gasteiger partial charge in [0.1, 0.15) is 29.7 Å². The number of hydrogen-bond acceptors (Lipinski definition) is 5. The Kier molecular flexibility index (Phi) is 6.74. The van der Waals surface area contributed by atoms with Crippen LogP contribution in [0.2, 0.25) is 5.02 Å². The number of aliphatic hydroxyl groups excluding tert-OH is 1. The summed E-state index contributed by atoms with van der Waals surface area (Å²) in [5.41, 5.74) is -2.90. The molecule has 0 saturated carbocycles. The number of ether oxygens (including phenoxy) is 1. The monoisotopic (exact) mass is 492 g/mol. The highest BCUT2D eigenvalue weighted by Crippen LogP contribution is 2.32. The van der Waals surface area contributed by atoms with Crippen LogP contribution in [0.25, 0.3) is 5.69 Å². The highest BCUT2D eigenvalue weighted by Gasteiger charge is 2.39. The van der Waals surface area contributed by atoms with E-state index in [0.717, 1.165) is 6.07 Å². The average molecular weight is 493 g/mol. The molecule has 176 valence electrons. The van der Waals surface area contributed by atoms with Gasteiger partial charge in [0.25, 0.3) is 5.91 Å². The molecule has 3 rings (SSSR count). The van der Waals surface area contributed by atoms with Crippen LogP contribution in [0.15, 0.2) is 35.1 Å². The number of hydrogen-bond donors (Lipinski definition) is 3.